The molecule has 28 heavy (non-hydrogen) atoms. The fraction of sp³-hybridized carbons (Fsp3) is 0.333. The third-order valence-corrected chi connectivity index (χ3v) is 5.40. The van der Waals surface area contributed by atoms with Gasteiger partial charge in [-0.05, 0) is 30.7 Å². The number of para-hydroxylation sites is 1. The molecule has 148 valence electrons. The number of halogens is 2. The number of carbonyl (C=O) groups is 2. The van der Waals surface area contributed by atoms with Crippen LogP contribution in [-0.2, 0) is 4.79 Å². The summed E-state index contributed by atoms with van der Waals surface area (Å²) in [6.07, 6.45) is 1.42. The smallest absolute Gasteiger partial charge is 0.257 e. The molecule has 0 saturated carbocycles. The molecule has 0 unspecified atom stereocenters. The maximum atomic E-state index is 12.7. The number of anilines is 2. The second-order valence-electron chi connectivity index (χ2n) is 6.69. The van der Waals surface area contributed by atoms with Crippen molar-refractivity contribution in [2.75, 3.05) is 36.4 Å². The fourth-order valence-corrected chi connectivity index (χ4v) is 3.84. The van der Waals surface area contributed by atoms with Gasteiger partial charge >= 0.3 is 0 Å². The summed E-state index contributed by atoms with van der Waals surface area (Å²) >= 11 is 12.6. The van der Waals surface area contributed by atoms with Crippen LogP contribution in [0.5, 0.6) is 0 Å². The summed E-state index contributed by atoms with van der Waals surface area (Å²) in [5.74, 6) is -0.0977. The van der Waals surface area contributed by atoms with Gasteiger partial charge in [0.15, 0.2) is 0 Å². The van der Waals surface area contributed by atoms with Crippen molar-refractivity contribution in [3.63, 3.8) is 0 Å². The fourth-order valence-electron chi connectivity index (χ4n) is 3.32. The van der Waals surface area contributed by atoms with Gasteiger partial charge in [-0.1, -0.05) is 48.3 Å². The predicted octanol–water partition coefficient (Wildman–Crippen LogP) is 4.69. The number of rotatable bonds is 5. The molecule has 1 aliphatic rings. The van der Waals surface area contributed by atoms with Gasteiger partial charge in [-0.3, -0.25) is 9.59 Å². The molecule has 2 aromatic rings. The summed E-state index contributed by atoms with van der Waals surface area (Å²) in [4.78, 5) is 28.8. The zero-order valence-electron chi connectivity index (χ0n) is 15.8. The summed E-state index contributed by atoms with van der Waals surface area (Å²) in [5.41, 5.74) is 1.81. The van der Waals surface area contributed by atoms with Crippen LogP contribution in [0.15, 0.2) is 42.5 Å². The van der Waals surface area contributed by atoms with Crippen molar-refractivity contribution in [1.29, 1.82) is 0 Å². The van der Waals surface area contributed by atoms with E-state index in [2.05, 4.69) is 10.2 Å². The molecule has 0 bridgehead atoms. The van der Waals surface area contributed by atoms with Crippen molar-refractivity contribution in [3.05, 3.63) is 58.1 Å². The average molecular weight is 420 g/mol. The standard InChI is InChI=1S/C21H23Cl2N3O2/c1-2-6-19(27)25-11-13-26(14-12-25)20-17(23)9-5-10-18(20)24-21(28)15-7-3-4-8-16(15)22/h3-5,7-10H,2,6,11-14H2,1H3,(H,24,28). The summed E-state index contributed by atoms with van der Waals surface area (Å²) < 4.78 is 0. The van der Waals surface area contributed by atoms with Crippen molar-refractivity contribution >= 4 is 46.4 Å². The van der Waals surface area contributed by atoms with Gasteiger partial charge in [-0.25, -0.2) is 0 Å². The average Bonchev–Trinajstić information content (AvgIpc) is 2.69. The van der Waals surface area contributed by atoms with Crippen molar-refractivity contribution < 1.29 is 9.59 Å². The van der Waals surface area contributed by atoms with Crippen molar-refractivity contribution in [2.45, 2.75) is 19.8 Å². The third kappa shape index (κ3) is 4.59. The third-order valence-electron chi connectivity index (χ3n) is 4.77. The molecule has 0 aromatic heterocycles. The zero-order valence-corrected chi connectivity index (χ0v) is 17.3. The molecule has 7 heteroatoms. The Labute approximate surface area is 175 Å². The lowest BCUT2D eigenvalue weighted by molar-refractivity contribution is -0.131. The Bertz CT molecular complexity index is 864. The number of hydrogen-bond acceptors (Lipinski definition) is 3. The molecule has 1 N–H and O–H groups in total. The van der Waals surface area contributed by atoms with Crippen molar-refractivity contribution in [1.82, 2.24) is 4.90 Å². The van der Waals surface area contributed by atoms with E-state index < -0.39 is 0 Å². The van der Waals surface area contributed by atoms with Crippen LogP contribution in [0.1, 0.15) is 30.1 Å². The molecule has 3 rings (SSSR count). The highest BCUT2D eigenvalue weighted by Gasteiger charge is 2.24. The molecule has 2 amide bonds. The number of amides is 2. The predicted molar refractivity (Wildman–Crippen MR) is 115 cm³/mol. The molecule has 2 aromatic carbocycles. The van der Waals surface area contributed by atoms with Crippen LogP contribution in [0, 0.1) is 0 Å². The van der Waals surface area contributed by atoms with E-state index in [-0.39, 0.29) is 11.8 Å². The molecule has 1 aliphatic heterocycles. The largest absolute Gasteiger partial charge is 0.365 e. The Balaban J connectivity index is 1.77. The number of piperazine rings is 1. The first-order valence-corrected chi connectivity index (χ1v) is 10.1. The molecule has 1 heterocycles. The molecule has 0 aliphatic carbocycles. The Morgan fingerprint density at radius 3 is 2.32 bits per heavy atom. The van der Waals surface area contributed by atoms with Gasteiger partial charge in [0.2, 0.25) is 5.91 Å². The quantitative estimate of drug-likeness (QED) is 0.764. The number of benzene rings is 2. The van der Waals surface area contributed by atoms with E-state index in [1.54, 1.807) is 36.4 Å². The lowest BCUT2D eigenvalue weighted by Gasteiger charge is -2.37. The van der Waals surface area contributed by atoms with Gasteiger partial charge in [-0.15, -0.1) is 0 Å². The van der Waals surface area contributed by atoms with Gasteiger partial charge in [-0.2, -0.15) is 0 Å². The van der Waals surface area contributed by atoms with Crippen molar-refractivity contribution in [3.8, 4) is 0 Å². The normalized spacial score (nSPS) is 14.1. The van der Waals surface area contributed by atoms with Gasteiger partial charge in [0.1, 0.15) is 0 Å². The molecule has 0 atom stereocenters. The molecular formula is C21H23Cl2N3O2. The highest BCUT2D eigenvalue weighted by atomic mass is 35.5. The van der Waals surface area contributed by atoms with Gasteiger partial charge in [0.25, 0.3) is 5.91 Å². The van der Waals surface area contributed by atoms with E-state index in [1.807, 2.05) is 17.9 Å². The SMILES string of the molecule is CCCC(=O)N1CCN(c2c(Cl)cccc2NC(=O)c2ccccc2Cl)CC1. The summed E-state index contributed by atoms with van der Waals surface area (Å²) in [5, 5.41) is 3.89. The van der Waals surface area contributed by atoms with E-state index >= 15 is 0 Å². The van der Waals surface area contributed by atoms with Crippen LogP contribution in [-0.4, -0.2) is 42.9 Å². The van der Waals surface area contributed by atoms with E-state index in [4.69, 9.17) is 23.2 Å². The molecule has 1 saturated heterocycles. The van der Waals surface area contributed by atoms with E-state index in [0.29, 0.717) is 53.9 Å². The second kappa shape index (κ2) is 9.30. The first kappa shape index (κ1) is 20.5. The van der Waals surface area contributed by atoms with Crippen molar-refractivity contribution in [2.24, 2.45) is 0 Å². The van der Waals surface area contributed by atoms with Gasteiger partial charge in [0.05, 0.1) is 27.0 Å². The van der Waals surface area contributed by atoms with Crippen LogP contribution >= 0.6 is 23.2 Å². The van der Waals surface area contributed by atoms with E-state index in [0.717, 1.165) is 12.1 Å². The van der Waals surface area contributed by atoms with E-state index in [1.165, 1.54) is 0 Å². The molecule has 0 radical (unpaired) electrons. The maximum Gasteiger partial charge on any atom is 0.257 e. The van der Waals surface area contributed by atoms with Gasteiger partial charge in [0, 0.05) is 32.6 Å². The maximum absolute atomic E-state index is 12.7. The molecule has 1 fully saturated rings. The molecule has 0 spiro atoms. The first-order valence-electron chi connectivity index (χ1n) is 9.38. The monoisotopic (exact) mass is 419 g/mol. The number of hydrogen-bond donors (Lipinski definition) is 1. The highest BCUT2D eigenvalue weighted by molar-refractivity contribution is 6.35. The Hall–Kier alpha value is -2.24. The first-order chi connectivity index (χ1) is 13.5. The second-order valence-corrected chi connectivity index (χ2v) is 7.50. The van der Waals surface area contributed by atoms with Crippen LogP contribution in [0.2, 0.25) is 10.0 Å². The molecular weight excluding hydrogens is 397 g/mol. The Kier molecular flexibility index (Phi) is 6.81. The lowest BCUT2D eigenvalue weighted by Crippen LogP contribution is -2.49. The minimum atomic E-state index is -0.286. The number of nitrogens with zero attached hydrogens (tertiary/aromatic N) is 2. The minimum Gasteiger partial charge on any atom is -0.365 e. The lowest BCUT2D eigenvalue weighted by atomic mass is 10.1. The van der Waals surface area contributed by atoms with Crippen LogP contribution in [0.4, 0.5) is 11.4 Å². The van der Waals surface area contributed by atoms with E-state index in [9.17, 15) is 9.59 Å². The van der Waals surface area contributed by atoms with Crippen LogP contribution in [0.25, 0.3) is 0 Å². The number of carbonyl (C=O) groups excluding carboxylic acids is 2. The summed E-state index contributed by atoms with van der Waals surface area (Å²) in [6.45, 7) is 4.61. The minimum absolute atomic E-state index is 0.188. The van der Waals surface area contributed by atoms with Crippen LogP contribution < -0.4 is 10.2 Å². The van der Waals surface area contributed by atoms with Gasteiger partial charge < -0.3 is 15.1 Å². The Morgan fingerprint density at radius 2 is 1.64 bits per heavy atom. The van der Waals surface area contributed by atoms with Crippen LogP contribution in [0.3, 0.4) is 0 Å². The highest BCUT2D eigenvalue weighted by Crippen LogP contribution is 2.35. The summed E-state index contributed by atoms with van der Waals surface area (Å²) in [6, 6.07) is 12.3. The Morgan fingerprint density at radius 1 is 0.964 bits per heavy atom. The molecule has 5 nitrogen and oxygen atoms in total. The number of nitrogens with one attached hydrogen (secondary N) is 1. The zero-order chi connectivity index (χ0) is 20.1. The topological polar surface area (TPSA) is 52.7 Å². The summed E-state index contributed by atoms with van der Waals surface area (Å²) in [7, 11) is 0.